The molecule has 1 saturated carbocycles. The van der Waals surface area contributed by atoms with Crippen LogP contribution in [0.1, 0.15) is 30.4 Å². The van der Waals surface area contributed by atoms with Crippen molar-refractivity contribution in [1.29, 1.82) is 0 Å². The molecule has 1 aliphatic carbocycles. The van der Waals surface area contributed by atoms with Crippen LogP contribution < -0.4 is 10.6 Å². The Balaban J connectivity index is 1.48. The molecule has 0 radical (unpaired) electrons. The van der Waals surface area contributed by atoms with Gasteiger partial charge < -0.3 is 20.6 Å². The van der Waals surface area contributed by atoms with Gasteiger partial charge in [-0.05, 0) is 25.3 Å². The minimum Gasteiger partial charge on any atom is -0.395 e. The average Bonchev–Trinajstić information content (AvgIpc) is 3.12. The fourth-order valence-corrected chi connectivity index (χ4v) is 5.02. The molecule has 2 fully saturated rings. The second kappa shape index (κ2) is 8.77. The molecule has 6 nitrogen and oxygen atoms in total. The van der Waals surface area contributed by atoms with Crippen LogP contribution in [0, 0.1) is 12.8 Å². The summed E-state index contributed by atoms with van der Waals surface area (Å²) in [4.78, 5) is 26.2. The molecule has 1 aromatic rings. The summed E-state index contributed by atoms with van der Waals surface area (Å²) in [6.07, 6.45) is 3.12. The molecule has 1 aromatic carbocycles. The van der Waals surface area contributed by atoms with Crippen molar-refractivity contribution in [3.8, 4) is 0 Å². The Morgan fingerprint density at radius 3 is 2.85 bits per heavy atom. The molecule has 1 aliphatic heterocycles. The molecule has 1 saturated heterocycles. The van der Waals surface area contributed by atoms with Crippen molar-refractivity contribution in [2.75, 3.05) is 18.9 Å². The number of rotatable bonds is 7. The summed E-state index contributed by atoms with van der Waals surface area (Å²) < 4.78 is 0. The topological polar surface area (TPSA) is 81.7 Å². The highest BCUT2D eigenvalue weighted by molar-refractivity contribution is 8.00. The molecule has 3 rings (SSSR count). The molecule has 3 amide bonds. The highest BCUT2D eigenvalue weighted by Crippen LogP contribution is 2.38. The number of benzene rings is 1. The van der Waals surface area contributed by atoms with Crippen LogP contribution in [0.4, 0.5) is 4.79 Å². The van der Waals surface area contributed by atoms with Gasteiger partial charge in [0, 0.05) is 25.0 Å². The van der Waals surface area contributed by atoms with E-state index >= 15 is 0 Å². The zero-order valence-electron chi connectivity index (χ0n) is 15.1. The van der Waals surface area contributed by atoms with Gasteiger partial charge in [0.25, 0.3) is 0 Å². The lowest BCUT2D eigenvalue weighted by molar-refractivity contribution is -0.118. The van der Waals surface area contributed by atoms with E-state index in [2.05, 4.69) is 10.6 Å². The quantitative estimate of drug-likeness (QED) is 0.677. The van der Waals surface area contributed by atoms with Gasteiger partial charge in [0.1, 0.15) is 0 Å². The summed E-state index contributed by atoms with van der Waals surface area (Å²) >= 11 is 1.51. The van der Waals surface area contributed by atoms with Crippen molar-refractivity contribution >= 4 is 23.7 Å². The van der Waals surface area contributed by atoms with E-state index in [0.29, 0.717) is 24.8 Å². The first-order valence-corrected chi connectivity index (χ1v) is 10.2. The number of nitrogens with one attached hydrogen (secondary N) is 2. The van der Waals surface area contributed by atoms with Gasteiger partial charge in [0.05, 0.1) is 17.7 Å². The van der Waals surface area contributed by atoms with Gasteiger partial charge in [-0.15, -0.1) is 11.8 Å². The Labute approximate surface area is 158 Å². The van der Waals surface area contributed by atoms with Gasteiger partial charge in [0.15, 0.2) is 0 Å². The van der Waals surface area contributed by atoms with Crippen LogP contribution >= 0.6 is 11.8 Å². The largest absolute Gasteiger partial charge is 0.395 e. The molecule has 0 spiro atoms. The summed E-state index contributed by atoms with van der Waals surface area (Å²) in [6, 6.07) is 8.16. The third-order valence-corrected chi connectivity index (χ3v) is 6.45. The number of amides is 3. The summed E-state index contributed by atoms with van der Waals surface area (Å²) in [5.74, 6) is 0.659. The van der Waals surface area contributed by atoms with Crippen molar-refractivity contribution in [3.05, 3.63) is 35.4 Å². The Morgan fingerprint density at radius 1 is 1.35 bits per heavy atom. The van der Waals surface area contributed by atoms with E-state index in [9.17, 15) is 14.7 Å². The highest BCUT2D eigenvalue weighted by atomic mass is 32.2. The minimum absolute atomic E-state index is 0.0165. The highest BCUT2D eigenvalue weighted by Gasteiger charge is 2.44. The maximum atomic E-state index is 12.3. The molecule has 3 unspecified atom stereocenters. The van der Waals surface area contributed by atoms with Crippen LogP contribution in [0.5, 0.6) is 0 Å². The van der Waals surface area contributed by atoms with E-state index in [1.54, 1.807) is 4.90 Å². The minimum atomic E-state index is -0.125. The number of carbonyl (C=O) groups is 2. The molecule has 26 heavy (non-hydrogen) atoms. The Kier molecular flexibility index (Phi) is 6.43. The summed E-state index contributed by atoms with van der Waals surface area (Å²) in [7, 11) is 0. The van der Waals surface area contributed by atoms with Gasteiger partial charge in [-0.3, -0.25) is 4.79 Å². The number of carbonyl (C=O) groups excluding carboxylic acids is 2. The first-order valence-electron chi connectivity index (χ1n) is 9.20. The van der Waals surface area contributed by atoms with Crippen LogP contribution in [0.25, 0.3) is 0 Å². The number of hydrogen-bond donors (Lipinski definition) is 3. The fraction of sp³-hybridized carbons (Fsp3) is 0.579. The van der Waals surface area contributed by atoms with Crippen molar-refractivity contribution in [1.82, 2.24) is 15.5 Å². The van der Waals surface area contributed by atoms with Crippen LogP contribution in [0.3, 0.4) is 0 Å². The molecule has 2 aliphatic rings. The maximum Gasteiger partial charge on any atom is 0.318 e. The fourth-order valence-electron chi connectivity index (χ4n) is 3.83. The standard InChI is InChI=1S/C19H27N3O3S/c1-13-5-7-14(8-6-13)11-20-17(24)12-26-18-15-3-2-4-16(15)22(9-10-23)19(25)21-18/h5-8,15-16,18,23H,2-4,9-12H2,1H3,(H,20,24)(H,21,25). The molecule has 0 bridgehead atoms. The third kappa shape index (κ3) is 4.51. The molecule has 1 heterocycles. The smallest absolute Gasteiger partial charge is 0.318 e. The number of aryl methyl sites for hydroxylation is 1. The molecule has 7 heteroatoms. The molecular weight excluding hydrogens is 350 g/mol. The molecule has 0 aromatic heterocycles. The second-order valence-corrected chi connectivity index (χ2v) is 8.15. The van der Waals surface area contributed by atoms with Crippen molar-refractivity contribution in [3.63, 3.8) is 0 Å². The van der Waals surface area contributed by atoms with Gasteiger partial charge in [-0.25, -0.2) is 4.79 Å². The summed E-state index contributed by atoms with van der Waals surface area (Å²) in [5, 5.41) is 15.1. The van der Waals surface area contributed by atoms with Crippen LogP contribution in [-0.4, -0.2) is 52.3 Å². The average molecular weight is 378 g/mol. The van der Waals surface area contributed by atoms with E-state index < -0.39 is 0 Å². The van der Waals surface area contributed by atoms with E-state index in [4.69, 9.17) is 0 Å². The lowest BCUT2D eigenvalue weighted by Crippen LogP contribution is -2.60. The van der Waals surface area contributed by atoms with Crippen molar-refractivity contribution < 1.29 is 14.7 Å². The number of urea groups is 1. The lowest BCUT2D eigenvalue weighted by Gasteiger charge is -2.42. The van der Waals surface area contributed by atoms with Crippen LogP contribution in [0.2, 0.25) is 0 Å². The Bertz CT molecular complexity index is 637. The predicted octanol–water partition coefficient (Wildman–Crippen LogP) is 1.86. The lowest BCUT2D eigenvalue weighted by atomic mass is 9.99. The van der Waals surface area contributed by atoms with Crippen molar-refractivity contribution in [2.24, 2.45) is 5.92 Å². The van der Waals surface area contributed by atoms with E-state index in [0.717, 1.165) is 24.8 Å². The summed E-state index contributed by atoms with van der Waals surface area (Å²) in [5.41, 5.74) is 2.28. The number of aliphatic hydroxyl groups is 1. The molecule has 142 valence electrons. The number of thioether (sulfide) groups is 1. The monoisotopic (exact) mass is 377 g/mol. The number of fused-ring (bicyclic) bond motifs is 1. The van der Waals surface area contributed by atoms with Gasteiger partial charge in [-0.2, -0.15) is 0 Å². The normalized spacial score (nSPS) is 24.9. The number of β-amino-alcohol motifs (C(OH)–C–C–N with tert-alkyl or cyclic N) is 1. The van der Waals surface area contributed by atoms with Gasteiger partial charge >= 0.3 is 6.03 Å². The van der Waals surface area contributed by atoms with Gasteiger partial charge in [0.2, 0.25) is 5.91 Å². The number of aliphatic hydroxyl groups excluding tert-OH is 1. The van der Waals surface area contributed by atoms with E-state index in [1.165, 1.54) is 17.3 Å². The molecule has 3 atom stereocenters. The van der Waals surface area contributed by atoms with Gasteiger partial charge in [-0.1, -0.05) is 36.2 Å². The Hall–Kier alpha value is -1.73. The van der Waals surface area contributed by atoms with Crippen molar-refractivity contribution in [2.45, 2.75) is 44.1 Å². The Morgan fingerprint density at radius 2 is 2.12 bits per heavy atom. The molecular formula is C19H27N3O3S. The second-order valence-electron chi connectivity index (χ2n) is 7.02. The SMILES string of the molecule is Cc1ccc(CNC(=O)CSC2NC(=O)N(CCO)C3CCCC23)cc1. The number of nitrogens with zero attached hydrogens (tertiary/aromatic N) is 1. The molecule has 3 N–H and O–H groups in total. The number of hydrogen-bond acceptors (Lipinski definition) is 4. The van der Waals surface area contributed by atoms with E-state index in [1.807, 2.05) is 31.2 Å². The first kappa shape index (κ1) is 19.0. The van der Waals surface area contributed by atoms with Crippen LogP contribution in [0.15, 0.2) is 24.3 Å². The first-order chi connectivity index (χ1) is 12.6. The summed E-state index contributed by atoms with van der Waals surface area (Å²) in [6.45, 7) is 2.92. The zero-order valence-corrected chi connectivity index (χ0v) is 15.9. The maximum absolute atomic E-state index is 12.3. The van der Waals surface area contributed by atoms with E-state index in [-0.39, 0.29) is 30.0 Å². The van der Waals surface area contributed by atoms with Crippen LogP contribution in [-0.2, 0) is 11.3 Å². The third-order valence-electron chi connectivity index (χ3n) is 5.19. The predicted molar refractivity (Wildman–Crippen MR) is 103 cm³/mol. The zero-order chi connectivity index (χ0) is 18.5.